The van der Waals surface area contributed by atoms with E-state index in [0.29, 0.717) is 6.54 Å². The lowest BCUT2D eigenvalue weighted by Crippen LogP contribution is -2.38. The van der Waals surface area contributed by atoms with E-state index < -0.39 is 0 Å². The fraction of sp³-hybridized carbons (Fsp3) is 0.474. The molecule has 0 saturated heterocycles. The Morgan fingerprint density at radius 1 is 1.08 bits per heavy atom. The minimum Gasteiger partial charge on any atom is -0.357 e. The van der Waals surface area contributed by atoms with Crippen molar-refractivity contribution in [2.24, 2.45) is 4.99 Å². The van der Waals surface area contributed by atoms with Crippen molar-refractivity contribution in [2.45, 2.75) is 47.6 Å². The number of hydrogen-bond acceptors (Lipinski definition) is 3. The average Bonchev–Trinajstić information content (AvgIpc) is 2.82. The number of aryl methyl sites for hydroxylation is 4. The number of halogens is 1. The molecule has 0 spiro atoms. The van der Waals surface area contributed by atoms with Crippen LogP contribution in [0.25, 0.3) is 0 Å². The lowest BCUT2D eigenvalue weighted by atomic mass is 10.1. The van der Waals surface area contributed by atoms with Crippen LogP contribution in [-0.4, -0.2) is 24.0 Å². The van der Waals surface area contributed by atoms with E-state index in [1.54, 1.807) is 11.3 Å². The van der Waals surface area contributed by atoms with Crippen LogP contribution in [0.2, 0.25) is 0 Å². The maximum absolute atomic E-state index is 4.65. The summed E-state index contributed by atoms with van der Waals surface area (Å²) >= 11 is 1.72. The predicted octanol–water partition coefficient (Wildman–Crippen LogP) is 4.29. The van der Waals surface area contributed by atoms with Crippen LogP contribution in [0.3, 0.4) is 0 Å². The Bertz CT molecular complexity index is 670. The van der Waals surface area contributed by atoms with Crippen molar-refractivity contribution in [1.29, 1.82) is 0 Å². The Labute approximate surface area is 172 Å². The number of hydrogen-bond donors (Lipinski definition) is 2. The van der Waals surface area contributed by atoms with E-state index in [-0.39, 0.29) is 24.0 Å². The van der Waals surface area contributed by atoms with Gasteiger partial charge in [-0.3, -0.25) is 0 Å². The van der Waals surface area contributed by atoms with Gasteiger partial charge in [-0.1, -0.05) is 29.3 Å². The van der Waals surface area contributed by atoms with E-state index >= 15 is 0 Å². The molecule has 2 N–H and O–H groups in total. The van der Waals surface area contributed by atoms with Gasteiger partial charge in [0.05, 0.1) is 12.2 Å². The summed E-state index contributed by atoms with van der Waals surface area (Å²) in [5, 5.41) is 7.78. The van der Waals surface area contributed by atoms with E-state index in [9.17, 15) is 0 Å². The molecule has 2 rings (SSSR count). The molecule has 0 atom stereocenters. The molecule has 6 heteroatoms. The summed E-state index contributed by atoms with van der Waals surface area (Å²) in [5.41, 5.74) is 5.11. The first-order valence-electron chi connectivity index (χ1n) is 8.50. The van der Waals surface area contributed by atoms with Gasteiger partial charge in [0, 0.05) is 18.0 Å². The van der Waals surface area contributed by atoms with E-state index in [4.69, 9.17) is 0 Å². The zero-order valence-corrected chi connectivity index (χ0v) is 18.9. The molecule has 0 amide bonds. The number of nitrogens with one attached hydrogen (secondary N) is 2. The van der Waals surface area contributed by atoms with E-state index in [2.05, 4.69) is 66.5 Å². The van der Waals surface area contributed by atoms with Gasteiger partial charge in [-0.25, -0.2) is 9.98 Å². The van der Waals surface area contributed by atoms with Crippen LogP contribution in [0.15, 0.2) is 23.2 Å². The average molecular weight is 472 g/mol. The van der Waals surface area contributed by atoms with Gasteiger partial charge in [-0.05, 0) is 46.6 Å². The normalized spacial score (nSPS) is 11.2. The Morgan fingerprint density at radius 3 is 2.32 bits per heavy atom. The van der Waals surface area contributed by atoms with Gasteiger partial charge in [0.25, 0.3) is 0 Å². The molecule has 0 saturated carbocycles. The number of thiazole rings is 1. The fourth-order valence-corrected chi connectivity index (χ4v) is 3.49. The molecule has 1 aromatic heterocycles. The van der Waals surface area contributed by atoms with Crippen LogP contribution >= 0.6 is 35.3 Å². The van der Waals surface area contributed by atoms with Gasteiger partial charge in [-0.15, -0.1) is 35.3 Å². The molecular formula is C19H29IN4S. The van der Waals surface area contributed by atoms with E-state index in [0.717, 1.165) is 36.2 Å². The smallest absolute Gasteiger partial charge is 0.191 e. The monoisotopic (exact) mass is 472 g/mol. The third-order valence-corrected chi connectivity index (χ3v) is 4.83. The molecule has 4 nitrogen and oxygen atoms in total. The minimum atomic E-state index is 0. The standard InChI is InChI=1S/C19H28N4S.HI/c1-6-20-19(22-12-18-23-15(4)16(5)24-18)21-8-7-17-10-13(2)9-14(3)11-17;/h9-11H,6-8,12H2,1-5H3,(H2,20,21,22);1H. The Kier molecular flexibility index (Phi) is 9.42. The lowest BCUT2D eigenvalue weighted by Gasteiger charge is -2.11. The van der Waals surface area contributed by atoms with Crippen molar-refractivity contribution in [3.05, 3.63) is 50.5 Å². The number of aromatic nitrogens is 1. The highest BCUT2D eigenvalue weighted by Crippen LogP contribution is 2.16. The van der Waals surface area contributed by atoms with Gasteiger partial charge in [0.1, 0.15) is 5.01 Å². The number of guanidine groups is 1. The summed E-state index contributed by atoms with van der Waals surface area (Å²) in [5.74, 6) is 0.854. The van der Waals surface area contributed by atoms with Gasteiger partial charge >= 0.3 is 0 Å². The van der Waals surface area contributed by atoms with Crippen molar-refractivity contribution in [3.8, 4) is 0 Å². The van der Waals surface area contributed by atoms with E-state index in [1.165, 1.54) is 21.6 Å². The van der Waals surface area contributed by atoms with Crippen LogP contribution in [0.5, 0.6) is 0 Å². The molecule has 0 aliphatic carbocycles. The van der Waals surface area contributed by atoms with Crippen molar-refractivity contribution < 1.29 is 0 Å². The zero-order chi connectivity index (χ0) is 17.5. The van der Waals surface area contributed by atoms with Gasteiger partial charge in [0.2, 0.25) is 0 Å². The highest BCUT2D eigenvalue weighted by Gasteiger charge is 2.04. The molecule has 0 fully saturated rings. The summed E-state index contributed by atoms with van der Waals surface area (Å²) in [7, 11) is 0. The van der Waals surface area contributed by atoms with Crippen LogP contribution < -0.4 is 10.6 Å². The van der Waals surface area contributed by atoms with Crippen LogP contribution in [0.4, 0.5) is 0 Å². The molecule has 0 aliphatic rings. The molecule has 0 radical (unpaired) electrons. The topological polar surface area (TPSA) is 49.3 Å². The van der Waals surface area contributed by atoms with Crippen molar-refractivity contribution in [3.63, 3.8) is 0 Å². The van der Waals surface area contributed by atoms with Crippen molar-refractivity contribution >= 4 is 41.3 Å². The first-order chi connectivity index (χ1) is 11.5. The van der Waals surface area contributed by atoms with Crippen molar-refractivity contribution in [2.75, 3.05) is 13.1 Å². The van der Waals surface area contributed by atoms with Crippen LogP contribution in [0, 0.1) is 27.7 Å². The zero-order valence-electron chi connectivity index (χ0n) is 15.8. The summed E-state index contributed by atoms with van der Waals surface area (Å²) in [4.78, 5) is 10.5. The summed E-state index contributed by atoms with van der Waals surface area (Å²) < 4.78 is 0. The quantitative estimate of drug-likeness (QED) is 0.375. The third-order valence-electron chi connectivity index (χ3n) is 3.78. The first kappa shape index (κ1) is 21.9. The number of aliphatic imine (C=N–C) groups is 1. The number of rotatable bonds is 6. The Balaban J connectivity index is 0.00000312. The molecule has 138 valence electrons. The molecule has 1 aromatic carbocycles. The van der Waals surface area contributed by atoms with Crippen LogP contribution in [-0.2, 0) is 13.0 Å². The molecule has 2 aromatic rings. The Hall–Kier alpha value is -1.15. The van der Waals surface area contributed by atoms with Gasteiger partial charge in [-0.2, -0.15) is 0 Å². The molecule has 25 heavy (non-hydrogen) atoms. The molecule has 1 heterocycles. The maximum Gasteiger partial charge on any atom is 0.191 e. The fourth-order valence-electron chi connectivity index (χ4n) is 2.63. The second-order valence-electron chi connectivity index (χ2n) is 6.12. The molecule has 0 bridgehead atoms. The maximum atomic E-state index is 4.65. The van der Waals surface area contributed by atoms with Gasteiger partial charge in [0.15, 0.2) is 5.96 Å². The lowest BCUT2D eigenvalue weighted by molar-refractivity contribution is 0.798. The van der Waals surface area contributed by atoms with Crippen molar-refractivity contribution in [1.82, 2.24) is 15.6 Å². The Morgan fingerprint density at radius 2 is 1.76 bits per heavy atom. The highest BCUT2D eigenvalue weighted by atomic mass is 127. The predicted molar refractivity (Wildman–Crippen MR) is 119 cm³/mol. The summed E-state index contributed by atoms with van der Waals surface area (Å²) in [6.45, 7) is 12.9. The minimum absolute atomic E-state index is 0. The molecule has 0 aliphatic heterocycles. The first-order valence-corrected chi connectivity index (χ1v) is 9.32. The molecular weight excluding hydrogens is 443 g/mol. The summed E-state index contributed by atoms with van der Waals surface area (Å²) in [6.07, 6.45) is 0.988. The van der Waals surface area contributed by atoms with Crippen LogP contribution in [0.1, 0.15) is 39.2 Å². The number of nitrogens with zero attached hydrogens (tertiary/aromatic N) is 2. The highest BCUT2D eigenvalue weighted by molar-refractivity contribution is 14.0. The second-order valence-corrected chi connectivity index (χ2v) is 7.40. The number of benzene rings is 1. The van der Waals surface area contributed by atoms with Gasteiger partial charge < -0.3 is 10.6 Å². The summed E-state index contributed by atoms with van der Waals surface area (Å²) in [6, 6.07) is 6.71. The second kappa shape index (κ2) is 10.8. The SMILES string of the molecule is CCNC(=NCc1nc(C)c(C)s1)NCCc1cc(C)cc(C)c1.I. The van der Waals surface area contributed by atoms with E-state index in [1.807, 2.05) is 6.92 Å². The largest absolute Gasteiger partial charge is 0.357 e. The third kappa shape index (κ3) is 7.32. The molecule has 0 unspecified atom stereocenters.